The summed E-state index contributed by atoms with van der Waals surface area (Å²) in [7, 11) is 1.65. The van der Waals surface area contributed by atoms with Gasteiger partial charge in [0.1, 0.15) is 11.4 Å². The van der Waals surface area contributed by atoms with Crippen LogP contribution in [0.1, 0.15) is 25.0 Å². The maximum absolute atomic E-state index is 14.4. The first-order chi connectivity index (χ1) is 11.2. The minimum absolute atomic E-state index is 0.214. The number of fused-ring (bicyclic) bond motifs is 1. The normalized spacial score (nSPS) is 16.5. The third-order valence-electron chi connectivity index (χ3n) is 4.02. The highest BCUT2D eigenvalue weighted by molar-refractivity contribution is 6.45. The second kappa shape index (κ2) is 5.87. The number of aliphatic imine (C=N–C) groups is 1. The van der Waals surface area contributed by atoms with Gasteiger partial charge in [-0.15, -0.1) is 0 Å². The predicted molar refractivity (Wildman–Crippen MR) is 96.0 cm³/mol. The maximum atomic E-state index is 14.4. The van der Waals surface area contributed by atoms with Gasteiger partial charge in [0.25, 0.3) is 5.91 Å². The number of anilines is 1. The molecule has 0 fully saturated rings. The van der Waals surface area contributed by atoms with Gasteiger partial charge in [-0.3, -0.25) is 9.79 Å². The summed E-state index contributed by atoms with van der Waals surface area (Å²) in [4.78, 5) is 18.8. The van der Waals surface area contributed by atoms with E-state index >= 15 is 0 Å². The van der Waals surface area contributed by atoms with Gasteiger partial charge in [-0.25, -0.2) is 4.39 Å². The van der Waals surface area contributed by atoms with Crippen molar-refractivity contribution in [3.63, 3.8) is 0 Å². The first kappa shape index (κ1) is 16.9. The van der Waals surface area contributed by atoms with E-state index in [0.717, 1.165) is 0 Å². The summed E-state index contributed by atoms with van der Waals surface area (Å²) < 4.78 is 14.4. The van der Waals surface area contributed by atoms with E-state index in [1.807, 2.05) is 0 Å². The molecule has 1 aliphatic heterocycles. The maximum Gasteiger partial charge on any atom is 0.254 e. The number of rotatable bonds is 1. The zero-order chi connectivity index (χ0) is 17.6. The third kappa shape index (κ3) is 2.60. The van der Waals surface area contributed by atoms with Crippen molar-refractivity contribution in [3.05, 3.63) is 63.4 Å². The molecule has 3 rings (SSSR count). The highest BCUT2D eigenvalue weighted by atomic mass is 35.5. The number of benzodiazepines with no additional fused rings is 1. The lowest BCUT2D eigenvalue weighted by Gasteiger charge is -2.24. The molecule has 1 aliphatic rings. The molecule has 0 N–H and O–H groups in total. The van der Waals surface area contributed by atoms with E-state index in [1.165, 1.54) is 11.0 Å². The molecule has 6 heteroatoms. The van der Waals surface area contributed by atoms with Crippen molar-refractivity contribution in [2.75, 3.05) is 11.9 Å². The lowest BCUT2D eigenvalue weighted by atomic mass is 9.99. The van der Waals surface area contributed by atoms with Crippen molar-refractivity contribution < 1.29 is 9.18 Å². The summed E-state index contributed by atoms with van der Waals surface area (Å²) in [6.07, 6.45) is 0. The number of benzene rings is 2. The molecular weight excluding hydrogens is 350 g/mol. The second-order valence-electron chi connectivity index (χ2n) is 6.12. The van der Waals surface area contributed by atoms with Gasteiger partial charge in [-0.1, -0.05) is 35.3 Å². The molecule has 0 saturated heterocycles. The summed E-state index contributed by atoms with van der Waals surface area (Å²) >= 11 is 12.6. The van der Waals surface area contributed by atoms with E-state index in [2.05, 4.69) is 4.99 Å². The van der Waals surface area contributed by atoms with Crippen LogP contribution in [-0.4, -0.2) is 24.2 Å². The zero-order valence-electron chi connectivity index (χ0n) is 13.4. The molecule has 0 spiro atoms. The molecule has 24 heavy (non-hydrogen) atoms. The molecule has 0 radical (unpaired) electrons. The minimum Gasteiger partial charge on any atom is -0.313 e. The number of likely N-dealkylation sites (N-methyl/N-ethyl adjacent to an activating group) is 1. The predicted octanol–water partition coefficient (Wildman–Crippen LogP) is 4.72. The number of amides is 1. The molecule has 0 bridgehead atoms. The quantitative estimate of drug-likeness (QED) is 0.720. The van der Waals surface area contributed by atoms with E-state index in [0.29, 0.717) is 22.0 Å². The Bertz CT molecular complexity index is 877. The van der Waals surface area contributed by atoms with Gasteiger partial charge in [-0.2, -0.15) is 0 Å². The van der Waals surface area contributed by atoms with Gasteiger partial charge in [-0.05, 0) is 38.1 Å². The largest absolute Gasteiger partial charge is 0.313 e. The SMILES string of the molecule is CN1C(=O)C(C)(C)N=C(c2ccccc2F)c2c1ccc(Cl)c2Cl. The second-order valence-corrected chi connectivity index (χ2v) is 6.90. The molecule has 0 atom stereocenters. The van der Waals surface area contributed by atoms with Crippen LogP contribution in [0, 0.1) is 5.82 Å². The van der Waals surface area contributed by atoms with Crippen molar-refractivity contribution >= 4 is 40.5 Å². The lowest BCUT2D eigenvalue weighted by molar-refractivity contribution is -0.122. The van der Waals surface area contributed by atoms with Gasteiger partial charge < -0.3 is 4.90 Å². The van der Waals surface area contributed by atoms with E-state index in [1.54, 1.807) is 51.2 Å². The number of hydrogen-bond donors (Lipinski definition) is 0. The van der Waals surface area contributed by atoms with Crippen LogP contribution in [0.2, 0.25) is 10.0 Å². The summed E-state index contributed by atoms with van der Waals surface area (Å²) in [5.41, 5.74) is 0.524. The number of halogens is 3. The fourth-order valence-electron chi connectivity index (χ4n) is 2.80. The Balaban J connectivity index is 2.42. The number of nitrogens with zero attached hydrogens (tertiary/aromatic N) is 2. The molecule has 3 nitrogen and oxygen atoms in total. The van der Waals surface area contributed by atoms with Crippen LogP contribution < -0.4 is 4.90 Å². The average Bonchev–Trinajstić information content (AvgIpc) is 2.61. The first-order valence-corrected chi connectivity index (χ1v) is 8.11. The van der Waals surface area contributed by atoms with Gasteiger partial charge in [0.15, 0.2) is 0 Å². The molecule has 2 aromatic carbocycles. The van der Waals surface area contributed by atoms with E-state index in [-0.39, 0.29) is 16.5 Å². The summed E-state index contributed by atoms with van der Waals surface area (Å²) in [6, 6.07) is 9.57. The van der Waals surface area contributed by atoms with Gasteiger partial charge in [0.05, 0.1) is 21.4 Å². The Morgan fingerprint density at radius 2 is 1.79 bits per heavy atom. The molecule has 0 unspecified atom stereocenters. The zero-order valence-corrected chi connectivity index (χ0v) is 14.9. The highest BCUT2D eigenvalue weighted by Gasteiger charge is 2.37. The third-order valence-corrected chi connectivity index (χ3v) is 4.82. The van der Waals surface area contributed by atoms with E-state index < -0.39 is 11.4 Å². The van der Waals surface area contributed by atoms with Gasteiger partial charge in [0, 0.05) is 18.2 Å². The summed E-state index contributed by atoms with van der Waals surface area (Å²) in [6.45, 7) is 3.38. The van der Waals surface area contributed by atoms with Crippen LogP contribution in [-0.2, 0) is 4.79 Å². The summed E-state index contributed by atoms with van der Waals surface area (Å²) in [5, 5.41) is 0.563. The van der Waals surface area contributed by atoms with E-state index in [4.69, 9.17) is 23.2 Å². The minimum atomic E-state index is -1.07. The highest BCUT2D eigenvalue weighted by Crippen LogP contribution is 2.39. The Morgan fingerprint density at radius 1 is 1.12 bits per heavy atom. The number of hydrogen-bond acceptors (Lipinski definition) is 2. The van der Waals surface area contributed by atoms with Crippen LogP contribution in [0.25, 0.3) is 0 Å². The molecule has 0 saturated carbocycles. The van der Waals surface area contributed by atoms with Crippen LogP contribution in [0.4, 0.5) is 10.1 Å². The van der Waals surface area contributed by atoms with Crippen molar-refractivity contribution in [3.8, 4) is 0 Å². The van der Waals surface area contributed by atoms with Crippen molar-refractivity contribution in [1.82, 2.24) is 0 Å². The molecular formula is C18H15Cl2FN2O. The monoisotopic (exact) mass is 364 g/mol. The van der Waals surface area contributed by atoms with Gasteiger partial charge in [0.2, 0.25) is 0 Å². The van der Waals surface area contributed by atoms with Crippen molar-refractivity contribution in [2.45, 2.75) is 19.4 Å². The number of carbonyl (C=O) groups excluding carboxylic acids is 1. The molecule has 0 aliphatic carbocycles. The van der Waals surface area contributed by atoms with Gasteiger partial charge >= 0.3 is 0 Å². The average molecular weight is 365 g/mol. The Kier molecular flexibility index (Phi) is 4.14. The van der Waals surface area contributed by atoms with Crippen molar-refractivity contribution in [2.24, 2.45) is 4.99 Å². The lowest BCUT2D eigenvalue weighted by Crippen LogP contribution is -2.41. The number of carbonyl (C=O) groups is 1. The molecule has 124 valence electrons. The topological polar surface area (TPSA) is 32.7 Å². The van der Waals surface area contributed by atoms with Crippen molar-refractivity contribution in [1.29, 1.82) is 0 Å². The molecule has 1 heterocycles. The molecule has 1 amide bonds. The first-order valence-electron chi connectivity index (χ1n) is 7.35. The summed E-state index contributed by atoms with van der Waals surface area (Å²) in [5.74, 6) is -0.653. The Morgan fingerprint density at radius 3 is 2.46 bits per heavy atom. The van der Waals surface area contributed by atoms with Crippen LogP contribution in [0.5, 0.6) is 0 Å². The van der Waals surface area contributed by atoms with Crippen LogP contribution >= 0.6 is 23.2 Å². The Hall–Kier alpha value is -1.91. The van der Waals surface area contributed by atoms with Crippen LogP contribution in [0.3, 0.4) is 0 Å². The van der Waals surface area contributed by atoms with Crippen LogP contribution in [0.15, 0.2) is 41.4 Å². The Labute approximate surface area is 149 Å². The molecule has 2 aromatic rings. The smallest absolute Gasteiger partial charge is 0.254 e. The fraction of sp³-hybridized carbons (Fsp3) is 0.222. The standard InChI is InChI=1S/C18H15Cl2FN2O/c1-18(2)17(24)23(3)13-9-8-11(19)15(20)14(13)16(22-18)10-6-4-5-7-12(10)21/h4-9H,1-3H3. The van der Waals surface area contributed by atoms with E-state index in [9.17, 15) is 9.18 Å². The fourth-order valence-corrected chi connectivity index (χ4v) is 3.20. The molecule has 0 aromatic heterocycles.